The van der Waals surface area contributed by atoms with Gasteiger partial charge in [0.05, 0.1) is 5.56 Å². The molecule has 4 nitrogen and oxygen atoms in total. The van der Waals surface area contributed by atoms with Crippen LogP contribution in [0.3, 0.4) is 0 Å². The van der Waals surface area contributed by atoms with Crippen LogP contribution in [0.25, 0.3) is 0 Å². The zero-order valence-electron chi connectivity index (χ0n) is 12.3. The van der Waals surface area contributed by atoms with E-state index in [4.69, 9.17) is 22.9 Å². The van der Waals surface area contributed by atoms with Gasteiger partial charge in [0.15, 0.2) is 0 Å². The summed E-state index contributed by atoms with van der Waals surface area (Å²) >= 11 is 5.27. The van der Waals surface area contributed by atoms with Crippen LogP contribution in [0, 0.1) is 0 Å². The third-order valence-corrected chi connectivity index (χ3v) is 5.19. The molecule has 0 unspecified atom stereocenters. The van der Waals surface area contributed by atoms with Crippen molar-refractivity contribution in [1.82, 2.24) is 9.88 Å². The van der Waals surface area contributed by atoms with E-state index in [9.17, 15) is 0 Å². The summed E-state index contributed by atoms with van der Waals surface area (Å²) in [7, 11) is 0. The number of fused-ring (bicyclic) bond motifs is 1. The number of pyridine rings is 1. The highest BCUT2D eigenvalue weighted by atomic mass is 32.1. The molecule has 5 heteroatoms. The van der Waals surface area contributed by atoms with E-state index < -0.39 is 0 Å². The molecule has 2 heterocycles. The van der Waals surface area contributed by atoms with Crippen molar-refractivity contribution in [3.8, 4) is 0 Å². The second kappa shape index (κ2) is 5.21. The number of hydrogen-bond donors (Lipinski definition) is 1. The molecule has 21 heavy (non-hydrogen) atoms. The third-order valence-electron chi connectivity index (χ3n) is 4.97. The van der Waals surface area contributed by atoms with E-state index in [1.54, 1.807) is 0 Å². The second-order valence-electron chi connectivity index (χ2n) is 6.44. The minimum atomic E-state index is 0.483. The van der Waals surface area contributed by atoms with E-state index in [0.717, 1.165) is 56.4 Å². The number of thiocarbonyl (C=S) groups is 1. The molecule has 0 amide bonds. The fraction of sp³-hybridized carbons (Fsp3) is 0.625. The largest absolute Gasteiger partial charge is 0.389 e. The van der Waals surface area contributed by atoms with Gasteiger partial charge in [0.2, 0.25) is 0 Å². The summed E-state index contributed by atoms with van der Waals surface area (Å²) in [4.78, 5) is 10.4. The molecule has 112 valence electrons. The summed E-state index contributed by atoms with van der Waals surface area (Å²) in [5, 5.41) is 0. The molecular weight excluding hydrogens is 280 g/mol. The summed E-state index contributed by atoms with van der Waals surface area (Å²) in [5.41, 5.74) is 9.54. The quantitative estimate of drug-likeness (QED) is 0.857. The van der Waals surface area contributed by atoms with Crippen molar-refractivity contribution < 1.29 is 0 Å². The number of aromatic nitrogens is 1. The molecule has 1 saturated heterocycles. The Balaban J connectivity index is 1.60. The molecule has 4 rings (SSSR count). The zero-order valence-corrected chi connectivity index (χ0v) is 13.2. The van der Waals surface area contributed by atoms with Gasteiger partial charge in [-0.2, -0.15) is 0 Å². The SMILES string of the molecule is NC(=S)c1cc2c(nc1N1CCN(C3CC3)CC1)CCC2. The standard InChI is InChI=1S/C16H22N4S/c17-15(21)13-10-11-2-1-3-14(11)18-16(13)20-8-6-19(7-9-20)12-4-5-12/h10,12H,1-9H2,(H2,17,21). The fourth-order valence-electron chi connectivity index (χ4n) is 3.62. The molecule has 1 aromatic heterocycles. The molecule has 2 aliphatic carbocycles. The first kappa shape index (κ1) is 13.5. The number of piperazine rings is 1. The predicted octanol–water partition coefficient (Wildman–Crippen LogP) is 1.49. The molecule has 1 saturated carbocycles. The van der Waals surface area contributed by atoms with Crippen LogP contribution in [0.2, 0.25) is 0 Å². The first-order valence-corrected chi connectivity index (χ1v) is 8.45. The Morgan fingerprint density at radius 2 is 1.95 bits per heavy atom. The highest BCUT2D eigenvalue weighted by Gasteiger charge is 2.32. The van der Waals surface area contributed by atoms with Gasteiger partial charge in [-0.3, -0.25) is 4.90 Å². The highest BCUT2D eigenvalue weighted by Crippen LogP contribution is 2.31. The summed E-state index contributed by atoms with van der Waals surface area (Å²) < 4.78 is 0. The Hall–Kier alpha value is -1.20. The van der Waals surface area contributed by atoms with E-state index in [0.29, 0.717) is 4.99 Å². The second-order valence-corrected chi connectivity index (χ2v) is 6.88. The Morgan fingerprint density at radius 1 is 1.19 bits per heavy atom. The van der Waals surface area contributed by atoms with Crippen LogP contribution < -0.4 is 10.6 Å². The number of rotatable bonds is 3. The van der Waals surface area contributed by atoms with E-state index >= 15 is 0 Å². The topological polar surface area (TPSA) is 45.4 Å². The molecule has 0 aromatic carbocycles. The van der Waals surface area contributed by atoms with Gasteiger partial charge in [-0.15, -0.1) is 0 Å². The van der Waals surface area contributed by atoms with Gasteiger partial charge in [0, 0.05) is 37.9 Å². The van der Waals surface area contributed by atoms with Gasteiger partial charge in [-0.25, -0.2) is 4.98 Å². The maximum absolute atomic E-state index is 5.96. The van der Waals surface area contributed by atoms with Crippen LogP contribution in [0.5, 0.6) is 0 Å². The summed E-state index contributed by atoms with van der Waals surface area (Å²) in [6.45, 7) is 4.36. The normalized spacial score (nSPS) is 22.4. The maximum Gasteiger partial charge on any atom is 0.139 e. The van der Waals surface area contributed by atoms with E-state index in [1.165, 1.54) is 30.5 Å². The average Bonchev–Trinajstić information content (AvgIpc) is 3.24. The lowest BCUT2D eigenvalue weighted by Crippen LogP contribution is -2.48. The van der Waals surface area contributed by atoms with Crippen LogP contribution in [0.15, 0.2) is 6.07 Å². The van der Waals surface area contributed by atoms with Crippen molar-refractivity contribution in [2.24, 2.45) is 5.73 Å². The Morgan fingerprint density at radius 3 is 2.62 bits per heavy atom. The van der Waals surface area contributed by atoms with E-state index in [1.807, 2.05) is 0 Å². The number of aryl methyl sites for hydroxylation is 2. The molecule has 0 atom stereocenters. The summed E-state index contributed by atoms with van der Waals surface area (Å²) in [6, 6.07) is 3.05. The smallest absolute Gasteiger partial charge is 0.139 e. The van der Waals surface area contributed by atoms with Crippen LogP contribution in [-0.2, 0) is 12.8 Å². The molecular formula is C16H22N4S. The van der Waals surface area contributed by atoms with Crippen molar-refractivity contribution in [2.75, 3.05) is 31.1 Å². The Kier molecular flexibility index (Phi) is 3.34. The average molecular weight is 302 g/mol. The molecule has 0 bridgehead atoms. The van der Waals surface area contributed by atoms with Gasteiger partial charge < -0.3 is 10.6 Å². The fourth-order valence-corrected chi connectivity index (χ4v) is 3.77. The van der Waals surface area contributed by atoms with Crippen LogP contribution >= 0.6 is 12.2 Å². The summed E-state index contributed by atoms with van der Waals surface area (Å²) in [5.74, 6) is 1.03. The first-order valence-electron chi connectivity index (χ1n) is 8.04. The number of hydrogen-bond acceptors (Lipinski definition) is 4. The Bertz CT molecular complexity index is 574. The number of nitrogens with zero attached hydrogens (tertiary/aromatic N) is 3. The van der Waals surface area contributed by atoms with Crippen LogP contribution in [0.1, 0.15) is 36.1 Å². The highest BCUT2D eigenvalue weighted by molar-refractivity contribution is 7.80. The zero-order chi connectivity index (χ0) is 14.4. The van der Waals surface area contributed by atoms with Crippen molar-refractivity contribution in [3.05, 3.63) is 22.9 Å². The molecule has 2 fully saturated rings. The lowest BCUT2D eigenvalue weighted by Gasteiger charge is -2.36. The van der Waals surface area contributed by atoms with Crippen LogP contribution in [-0.4, -0.2) is 47.1 Å². The lowest BCUT2D eigenvalue weighted by molar-refractivity contribution is 0.247. The first-order chi connectivity index (χ1) is 10.2. The number of anilines is 1. The molecule has 0 radical (unpaired) electrons. The van der Waals surface area contributed by atoms with Gasteiger partial charge >= 0.3 is 0 Å². The maximum atomic E-state index is 5.96. The van der Waals surface area contributed by atoms with Crippen molar-refractivity contribution in [1.29, 1.82) is 0 Å². The van der Waals surface area contributed by atoms with Gasteiger partial charge in [-0.1, -0.05) is 12.2 Å². The van der Waals surface area contributed by atoms with E-state index in [-0.39, 0.29) is 0 Å². The molecule has 1 aromatic rings. The monoisotopic (exact) mass is 302 g/mol. The molecule has 3 aliphatic rings. The molecule has 2 N–H and O–H groups in total. The lowest BCUT2D eigenvalue weighted by atomic mass is 10.1. The summed E-state index contributed by atoms with van der Waals surface area (Å²) in [6.07, 6.45) is 6.19. The molecule has 0 spiro atoms. The molecule has 1 aliphatic heterocycles. The minimum Gasteiger partial charge on any atom is -0.389 e. The van der Waals surface area contributed by atoms with Crippen molar-refractivity contribution in [2.45, 2.75) is 38.1 Å². The van der Waals surface area contributed by atoms with Crippen LogP contribution in [0.4, 0.5) is 5.82 Å². The van der Waals surface area contributed by atoms with Crippen molar-refractivity contribution in [3.63, 3.8) is 0 Å². The van der Waals surface area contributed by atoms with Crippen molar-refractivity contribution >= 4 is 23.0 Å². The minimum absolute atomic E-state index is 0.483. The Labute approximate surface area is 131 Å². The van der Waals surface area contributed by atoms with Gasteiger partial charge in [0.1, 0.15) is 10.8 Å². The van der Waals surface area contributed by atoms with Gasteiger partial charge in [0.25, 0.3) is 0 Å². The predicted molar refractivity (Wildman–Crippen MR) is 89.0 cm³/mol. The third kappa shape index (κ3) is 2.53. The number of nitrogens with two attached hydrogens (primary N) is 1. The van der Waals surface area contributed by atoms with E-state index in [2.05, 4.69) is 15.9 Å². The van der Waals surface area contributed by atoms with Gasteiger partial charge in [-0.05, 0) is 43.7 Å².